The highest BCUT2D eigenvalue weighted by Gasteiger charge is 2.11. The van der Waals surface area contributed by atoms with Gasteiger partial charge in [-0.2, -0.15) is 0 Å². The average molecular weight is 320 g/mol. The Morgan fingerprint density at radius 1 is 1.05 bits per heavy atom. The van der Waals surface area contributed by atoms with Crippen LogP contribution in [0.3, 0.4) is 0 Å². The van der Waals surface area contributed by atoms with E-state index in [1.165, 1.54) is 5.56 Å². The lowest BCUT2D eigenvalue weighted by atomic mass is 10.1. The number of rotatable bonds is 3. The summed E-state index contributed by atoms with van der Waals surface area (Å²) in [6.07, 6.45) is 0. The fraction of sp³-hybridized carbons (Fsp3) is 0.250. The molecule has 0 bridgehead atoms. The Morgan fingerprint density at radius 3 is 2.47 bits per heavy atom. The van der Waals surface area contributed by atoms with Crippen molar-refractivity contribution in [2.75, 3.05) is 0 Å². The number of nitrogens with two attached hydrogens (primary N) is 1. The third-order valence-electron chi connectivity index (χ3n) is 3.03. The first kappa shape index (κ1) is 14.1. The summed E-state index contributed by atoms with van der Waals surface area (Å²) in [5, 5.41) is 0. The molecule has 0 aliphatic heterocycles. The lowest BCUT2D eigenvalue weighted by Gasteiger charge is -2.16. The van der Waals surface area contributed by atoms with Crippen LogP contribution in [0.4, 0.5) is 0 Å². The van der Waals surface area contributed by atoms with E-state index in [0.29, 0.717) is 0 Å². The predicted molar refractivity (Wildman–Crippen MR) is 82.7 cm³/mol. The van der Waals surface area contributed by atoms with Crippen LogP contribution >= 0.6 is 15.9 Å². The Hall–Kier alpha value is -1.32. The molecule has 0 amide bonds. The van der Waals surface area contributed by atoms with Gasteiger partial charge in [0.25, 0.3) is 0 Å². The number of halogens is 1. The van der Waals surface area contributed by atoms with E-state index in [1.807, 2.05) is 38.1 Å². The van der Waals surface area contributed by atoms with Crippen LogP contribution in [0.25, 0.3) is 0 Å². The molecule has 0 aromatic heterocycles. The molecule has 3 heteroatoms. The molecular formula is C16H18BrNO. The number of benzene rings is 2. The molecule has 0 fully saturated rings. The van der Waals surface area contributed by atoms with Crippen molar-refractivity contribution in [3.8, 4) is 11.5 Å². The highest BCUT2D eigenvalue weighted by atomic mass is 79.9. The topological polar surface area (TPSA) is 35.2 Å². The second kappa shape index (κ2) is 5.76. The van der Waals surface area contributed by atoms with Crippen molar-refractivity contribution in [1.82, 2.24) is 0 Å². The van der Waals surface area contributed by atoms with Crippen molar-refractivity contribution < 1.29 is 4.74 Å². The van der Waals surface area contributed by atoms with Crippen LogP contribution in [0.1, 0.15) is 29.7 Å². The fourth-order valence-corrected chi connectivity index (χ4v) is 2.28. The summed E-state index contributed by atoms with van der Waals surface area (Å²) in [6, 6.07) is 12.0. The molecule has 2 N–H and O–H groups in total. The first-order valence-electron chi connectivity index (χ1n) is 6.27. The zero-order valence-corrected chi connectivity index (χ0v) is 13.0. The minimum Gasteiger partial charge on any atom is -0.457 e. The lowest BCUT2D eigenvalue weighted by Crippen LogP contribution is -2.07. The predicted octanol–water partition coefficient (Wildman–Crippen LogP) is 4.88. The molecule has 100 valence electrons. The van der Waals surface area contributed by atoms with Crippen molar-refractivity contribution in [2.24, 2.45) is 5.73 Å². The standard InChI is InChI=1S/C16H18BrNO/c1-10-4-5-11(2)16(8-10)19-15-7-6-13(17)9-14(15)12(3)18/h4-9,12H,18H2,1-3H3. The van der Waals surface area contributed by atoms with Gasteiger partial charge in [0, 0.05) is 16.1 Å². The summed E-state index contributed by atoms with van der Waals surface area (Å²) in [7, 11) is 0. The normalized spacial score (nSPS) is 12.3. The van der Waals surface area contributed by atoms with E-state index in [-0.39, 0.29) is 6.04 Å². The van der Waals surface area contributed by atoms with E-state index in [1.54, 1.807) is 0 Å². The third kappa shape index (κ3) is 3.37. The van der Waals surface area contributed by atoms with E-state index in [4.69, 9.17) is 10.5 Å². The van der Waals surface area contributed by atoms with E-state index in [2.05, 4.69) is 35.0 Å². The van der Waals surface area contributed by atoms with Crippen LogP contribution in [-0.4, -0.2) is 0 Å². The van der Waals surface area contributed by atoms with Crippen LogP contribution < -0.4 is 10.5 Å². The molecule has 0 saturated heterocycles. The number of ether oxygens (including phenoxy) is 1. The number of aryl methyl sites for hydroxylation is 2. The molecule has 2 aromatic carbocycles. The van der Waals surface area contributed by atoms with Crippen molar-refractivity contribution in [2.45, 2.75) is 26.8 Å². The van der Waals surface area contributed by atoms with Gasteiger partial charge in [-0.15, -0.1) is 0 Å². The molecular weight excluding hydrogens is 302 g/mol. The zero-order valence-electron chi connectivity index (χ0n) is 11.4. The molecule has 19 heavy (non-hydrogen) atoms. The highest BCUT2D eigenvalue weighted by molar-refractivity contribution is 9.10. The summed E-state index contributed by atoms with van der Waals surface area (Å²) >= 11 is 3.47. The van der Waals surface area contributed by atoms with Gasteiger partial charge in [0.2, 0.25) is 0 Å². The van der Waals surface area contributed by atoms with Gasteiger partial charge in [0.05, 0.1) is 0 Å². The van der Waals surface area contributed by atoms with Gasteiger partial charge in [-0.1, -0.05) is 28.1 Å². The molecule has 0 spiro atoms. The molecule has 0 heterocycles. The Kier molecular flexibility index (Phi) is 4.27. The molecule has 0 aliphatic rings. The Morgan fingerprint density at radius 2 is 1.79 bits per heavy atom. The number of hydrogen-bond donors (Lipinski definition) is 1. The summed E-state index contributed by atoms with van der Waals surface area (Å²) in [6.45, 7) is 6.05. The Bertz CT molecular complexity index is 593. The molecule has 0 radical (unpaired) electrons. The van der Waals surface area contributed by atoms with Crippen LogP contribution in [-0.2, 0) is 0 Å². The maximum absolute atomic E-state index is 6.04. The summed E-state index contributed by atoms with van der Waals surface area (Å²) in [5.41, 5.74) is 9.30. The van der Waals surface area contributed by atoms with Gasteiger partial charge < -0.3 is 10.5 Å². The molecule has 2 aromatic rings. The van der Waals surface area contributed by atoms with E-state index >= 15 is 0 Å². The Labute approximate surface area is 122 Å². The van der Waals surface area contributed by atoms with Crippen molar-refractivity contribution >= 4 is 15.9 Å². The largest absolute Gasteiger partial charge is 0.457 e. The fourth-order valence-electron chi connectivity index (χ4n) is 1.90. The maximum atomic E-state index is 6.04. The van der Waals surface area contributed by atoms with Crippen molar-refractivity contribution in [3.63, 3.8) is 0 Å². The first-order chi connectivity index (χ1) is 8.97. The quantitative estimate of drug-likeness (QED) is 0.875. The van der Waals surface area contributed by atoms with E-state index in [9.17, 15) is 0 Å². The SMILES string of the molecule is Cc1ccc(C)c(Oc2ccc(Br)cc2C(C)N)c1. The van der Waals surface area contributed by atoms with Gasteiger partial charge in [0.15, 0.2) is 0 Å². The van der Waals surface area contributed by atoms with Gasteiger partial charge in [-0.3, -0.25) is 0 Å². The summed E-state index contributed by atoms with van der Waals surface area (Å²) in [5.74, 6) is 1.69. The summed E-state index contributed by atoms with van der Waals surface area (Å²) in [4.78, 5) is 0. The summed E-state index contributed by atoms with van der Waals surface area (Å²) < 4.78 is 7.04. The second-order valence-electron chi connectivity index (χ2n) is 4.84. The zero-order chi connectivity index (χ0) is 14.0. The minimum absolute atomic E-state index is 0.0717. The van der Waals surface area contributed by atoms with Crippen LogP contribution in [0, 0.1) is 13.8 Å². The van der Waals surface area contributed by atoms with Crippen molar-refractivity contribution in [3.05, 3.63) is 57.6 Å². The molecule has 2 rings (SSSR count). The second-order valence-corrected chi connectivity index (χ2v) is 5.76. The lowest BCUT2D eigenvalue weighted by molar-refractivity contribution is 0.468. The van der Waals surface area contributed by atoms with Crippen molar-refractivity contribution in [1.29, 1.82) is 0 Å². The molecule has 0 saturated carbocycles. The monoisotopic (exact) mass is 319 g/mol. The van der Waals surface area contributed by atoms with Crippen LogP contribution in [0.5, 0.6) is 11.5 Å². The maximum Gasteiger partial charge on any atom is 0.132 e. The van der Waals surface area contributed by atoms with Gasteiger partial charge in [-0.05, 0) is 56.2 Å². The molecule has 1 atom stereocenters. The molecule has 2 nitrogen and oxygen atoms in total. The Balaban J connectivity index is 2.40. The first-order valence-corrected chi connectivity index (χ1v) is 7.07. The number of hydrogen-bond acceptors (Lipinski definition) is 2. The molecule has 1 unspecified atom stereocenters. The smallest absolute Gasteiger partial charge is 0.132 e. The van der Waals surface area contributed by atoms with Gasteiger partial charge >= 0.3 is 0 Å². The average Bonchev–Trinajstić information content (AvgIpc) is 2.35. The molecule has 0 aliphatic carbocycles. The van der Waals surface area contributed by atoms with Crippen LogP contribution in [0.2, 0.25) is 0 Å². The third-order valence-corrected chi connectivity index (χ3v) is 3.52. The van der Waals surface area contributed by atoms with E-state index in [0.717, 1.165) is 27.1 Å². The highest BCUT2D eigenvalue weighted by Crippen LogP contribution is 2.33. The van der Waals surface area contributed by atoms with E-state index < -0.39 is 0 Å². The minimum atomic E-state index is -0.0717. The van der Waals surface area contributed by atoms with Crippen LogP contribution in [0.15, 0.2) is 40.9 Å². The van der Waals surface area contributed by atoms with Gasteiger partial charge in [0.1, 0.15) is 11.5 Å². The van der Waals surface area contributed by atoms with Gasteiger partial charge in [-0.25, -0.2) is 0 Å².